The van der Waals surface area contributed by atoms with Crippen LogP contribution < -0.4 is 0 Å². The van der Waals surface area contributed by atoms with Gasteiger partial charge < -0.3 is 0 Å². The molecule has 5 rings (SSSR count). The highest BCUT2D eigenvalue weighted by molar-refractivity contribution is 5.84. The Labute approximate surface area is 168 Å². The second-order valence-electron chi connectivity index (χ2n) is 7.20. The summed E-state index contributed by atoms with van der Waals surface area (Å²) in [5.41, 5.74) is 8.27. The molecule has 3 aromatic carbocycles. The van der Waals surface area contributed by atoms with E-state index in [0.717, 1.165) is 39.2 Å². The summed E-state index contributed by atoms with van der Waals surface area (Å²) in [6, 6.07) is 31.5. The van der Waals surface area contributed by atoms with Crippen molar-refractivity contribution < 1.29 is 4.39 Å². The van der Waals surface area contributed by atoms with Gasteiger partial charge in [0.1, 0.15) is 5.82 Å². The van der Waals surface area contributed by atoms with E-state index in [-0.39, 0.29) is 5.82 Å². The number of halogens is 1. The van der Waals surface area contributed by atoms with Crippen molar-refractivity contribution in [2.24, 2.45) is 0 Å². The van der Waals surface area contributed by atoms with Crippen molar-refractivity contribution in [3.8, 4) is 33.6 Å². The third-order valence-corrected chi connectivity index (χ3v) is 5.14. The molecule has 0 spiro atoms. The van der Waals surface area contributed by atoms with E-state index in [1.807, 2.05) is 34.8 Å². The van der Waals surface area contributed by atoms with Crippen molar-refractivity contribution in [2.75, 3.05) is 0 Å². The zero-order chi connectivity index (χ0) is 19.8. The molecule has 0 atom stereocenters. The minimum Gasteiger partial charge on any atom is -0.232 e. The van der Waals surface area contributed by atoms with E-state index in [0.29, 0.717) is 0 Å². The van der Waals surface area contributed by atoms with Crippen molar-refractivity contribution >= 4 is 5.52 Å². The Kier molecular flexibility index (Phi) is 4.21. The molecule has 29 heavy (non-hydrogen) atoms. The normalized spacial score (nSPS) is 11.1. The van der Waals surface area contributed by atoms with Gasteiger partial charge in [0.15, 0.2) is 0 Å². The van der Waals surface area contributed by atoms with Crippen molar-refractivity contribution in [3.63, 3.8) is 0 Å². The molecule has 0 radical (unpaired) electrons. The third-order valence-electron chi connectivity index (χ3n) is 5.14. The predicted molar refractivity (Wildman–Crippen MR) is 116 cm³/mol. The Morgan fingerprint density at radius 2 is 1.45 bits per heavy atom. The van der Waals surface area contributed by atoms with Gasteiger partial charge in [-0.15, -0.1) is 0 Å². The van der Waals surface area contributed by atoms with Crippen LogP contribution >= 0.6 is 0 Å². The first-order chi connectivity index (χ1) is 14.2. The van der Waals surface area contributed by atoms with E-state index in [1.54, 1.807) is 0 Å². The molecule has 0 aliphatic carbocycles. The van der Waals surface area contributed by atoms with Crippen LogP contribution in [-0.4, -0.2) is 9.61 Å². The third kappa shape index (κ3) is 3.21. The second-order valence-corrected chi connectivity index (χ2v) is 7.20. The van der Waals surface area contributed by atoms with Crippen LogP contribution in [0.2, 0.25) is 0 Å². The van der Waals surface area contributed by atoms with Gasteiger partial charge in [-0.2, -0.15) is 5.10 Å². The van der Waals surface area contributed by atoms with Gasteiger partial charge in [-0.3, -0.25) is 0 Å². The van der Waals surface area contributed by atoms with Crippen molar-refractivity contribution in [2.45, 2.75) is 6.92 Å². The van der Waals surface area contributed by atoms with Gasteiger partial charge in [0.25, 0.3) is 0 Å². The Morgan fingerprint density at radius 3 is 2.21 bits per heavy atom. The molecule has 0 bridgehead atoms. The highest BCUT2D eigenvalue weighted by atomic mass is 19.1. The van der Waals surface area contributed by atoms with E-state index in [4.69, 9.17) is 5.10 Å². The summed E-state index contributed by atoms with van der Waals surface area (Å²) in [4.78, 5) is 0. The van der Waals surface area contributed by atoms with E-state index in [9.17, 15) is 4.39 Å². The number of nitrogens with zero attached hydrogens (tertiary/aromatic N) is 2. The van der Waals surface area contributed by atoms with E-state index >= 15 is 0 Å². The molecule has 0 unspecified atom stereocenters. The maximum atomic E-state index is 13.5. The van der Waals surface area contributed by atoms with Crippen LogP contribution in [0, 0.1) is 12.7 Å². The Morgan fingerprint density at radius 1 is 0.690 bits per heavy atom. The summed E-state index contributed by atoms with van der Waals surface area (Å²) >= 11 is 0. The maximum Gasteiger partial charge on any atom is 0.123 e. The monoisotopic (exact) mass is 378 g/mol. The Bertz CT molecular complexity index is 1300. The molecule has 0 fully saturated rings. The molecule has 0 aliphatic heterocycles. The minimum absolute atomic E-state index is 0.239. The van der Waals surface area contributed by atoms with Crippen molar-refractivity contribution in [1.82, 2.24) is 9.61 Å². The van der Waals surface area contributed by atoms with Crippen LogP contribution in [0.1, 0.15) is 5.56 Å². The molecule has 2 nitrogen and oxygen atoms in total. The van der Waals surface area contributed by atoms with E-state index in [2.05, 4.69) is 61.5 Å². The molecule has 2 heterocycles. The van der Waals surface area contributed by atoms with Crippen LogP contribution in [0.4, 0.5) is 4.39 Å². The number of fused-ring (bicyclic) bond motifs is 1. The largest absolute Gasteiger partial charge is 0.232 e. The average molecular weight is 378 g/mol. The zero-order valence-electron chi connectivity index (χ0n) is 16.0. The average Bonchev–Trinajstić information content (AvgIpc) is 3.19. The first-order valence-corrected chi connectivity index (χ1v) is 9.60. The summed E-state index contributed by atoms with van der Waals surface area (Å²) < 4.78 is 15.5. The van der Waals surface area contributed by atoms with Gasteiger partial charge in [-0.1, -0.05) is 72.3 Å². The van der Waals surface area contributed by atoms with Crippen LogP contribution in [0.3, 0.4) is 0 Å². The fourth-order valence-corrected chi connectivity index (χ4v) is 3.74. The number of pyridine rings is 1. The highest BCUT2D eigenvalue weighted by Gasteiger charge is 2.15. The van der Waals surface area contributed by atoms with Gasteiger partial charge >= 0.3 is 0 Å². The second kappa shape index (κ2) is 7.02. The molecule has 2 aromatic heterocycles. The molecule has 0 saturated carbocycles. The number of hydrogen-bond acceptors (Lipinski definition) is 1. The van der Waals surface area contributed by atoms with Gasteiger partial charge in [0.05, 0.1) is 16.9 Å². The molecule has 3 heteroatoms. The van der Waals surface area contributed by atoms with Gasteiger partial charge in [0, 0.05) is 16.7 Å². The van der Waals surface area contributed by atoms with Crippen LogP contribution in [0.5, 0.6) is 0 Å². The molecule has 5 aromatic rings. The summed E-state index contributed by atoms with van der Waals surface area (Å²) in [5, 5.41) is 4.94. The minimum atomic E-state index is -0.239. The van der Waals surface area contributed by atoms with E-state index < -0.39 is 0 Å². The molecule has 140 valence electrons. The fraction of sp³-hybridized carbons (Fsp3) is 0.0385. The lowest BCUT2D eigenvalue weighted by molar-refractivity contribution is 0.628. The summed E-state index contributed by atoms with van der Waals surface area (Å²) in [7, 11) is 0. The summed E-state index contributed by atoms with van der Waals surface area (Å²) in [6.07, 6.45) is 0. The Balaban J connectivity index is 1.80. The first-order valence-electron chi connectivity index (χ1n) is 9.60. The lowest BCUT2D eigenvalue weighted by Crippen LogP contribution is -1.98. The lowest BCUT2D eigenvalue weighted by atomic mass is 9.98. The molecule has 0 saturated heterocycles. The van der Waals surface area contributed by atoms with Crippen molar-refractivity contribution in [3.05, 3.63) is 108 Å². The summed E-state index contributed by atoms with van der Waals surface area (Å²) in [5.74, 6) is -0.239. The zero-order valence-corrected chi connectivity index (χ0v) is 16.0. The number of rotatable bonds is 3. The number of benzene rings is 3. The van der Waals surface area contributed by atoms with E-state index in [1.165, 1.54) is 17.7 Å². The van der Waals surface area contributed by atoms with Crippen LogP contribution in [0.15, 0.2) is 97.1 Å². The number of aromatic nitrogens is 2. The van der Waals surface area contributed by atoms with Crippen LogP contribution in [0.25, 0.3) is 39.2 Å². The topological polar surface area (TPSA) is 17.3 Å². The highest BCUT2D eigenvalue weighted by Crippen LogP contribution is 2.34. The predicted octanol–water partition coefficient (Wildman–Crippen LogP) is 6.78. The molecule has 0 aliphatic rings. The quantitative estimate of drug-likeness (QED) is 0.338. The number of aryl methyl sites for hydroxylation is 1. The van der Waals surface area contributed by atoms with Crippen LogP contribution in [-0.2, 0) is 0 Å². The molecular weight excluding hydrogens is 359 g/mol. The lowest BCUT2D eigenvalue weighted by Gasteiger charge is -2.13. The SMILES string of the molecule is Cc1cccc(-c2c(-c3ccc(F)cc3)ccc3cc(-c4ccccc4)nn23)c1. The molecular formula is C26H19FN2. The maximum absolute atomic E-state index is 13.5. The first kappa shape index (κ1) is 17.4. The fourth-order valence-electron chi connectivity index (χ4n) is 3.74. The number of hydrogen-bond donors (Lipinski definition) is 0. The van der Waals surface area contributed by atoms with Gasteiger partial charge in [-0.05, 0) is 42.8 Å². The van der Waals surface area contributed by atoms with Crippen molar-refractivity contribution in [1.29, 1.82) is 0 Å². The standard InChI is InChI=1S/C26H19FN2/c1-18-6-5-9-21(16-18)26-24(19-10-12-22(27)13-11-19)15-14-23-17-25(28-29(23)26)20-7-3-2-4-8-20/h2-17H,1H3. The summed E-state index contributed by atoms with van der Waals surface area (Å²) in [6.45, 7) is 2.08. The molecule has 0 amide bonds. The van der Waals surface area contributed by atoms with Gasteiger partial charge in [0.2, 0.25) is 0 Å². The van der Waals surface area contributed by atoms with Gasteiger partial charge in [-0.25, -0.2) is 8.91 Å². The molecule has 0 N–H and O–H groups in total. The Hall–Kier alpha value is -3.72. The smallest absolute Gasteiger partial charge is 0.123 e.